The highest BCUT2D eigenvalue weighted by molar-refractivity contribution is 5.71. The van der Waals surface area contributed by atoms with Crippen LogP contribution in [0.15, 0.2) is 0 Å². The molecule has 0 amide bonds. The number of unbranched alkanes of at least 4 members (excludes halogenated alkanes) is 59. The molecule has 6 nitrogen and oxygen atoms in total. The Kier molecular flexibility index (Phi) is 68.5. The molecule has 0 spiro atoms. The molecule has 0 aromatic heterocycles. The molecule has 0 radical (unpaired) electrons. The summed E-state index contributed by atoms with van der Waals surface area (Å²) in [6.45, 7) is 6.71. The van der Waals surface area contributed by atoms with Crippen molar-refractivity contribution < 1.29 is 28.6 Å². The Morgan fingerprint density at radius 2 is 0.338 bits per heavy atom. The maximum Gasteiger partial charge on any atom is 0.306 e. The van der Waals surface area contributed by atoms with Crippen LogP contribution in [0.5, 0.6) is 0 Å². The lowest BCUT2D eigenvalue weighted by atomic mass is 10.0. The summed E-state index contributed by atoms with van der Waals surface area (Å²) in [6.07, 6.45) is 83.3. The lowest BCUT2D eigenvalue weighted by molar-refractivity contribution is -0.167. The van der Waals surface area contributed by atoms with Gasteiger partial charge in [-0.1, -0.05) is 400 Å². The number of hydrogen-bond acceptors (Lipinski definition) is 6. The summed E-state index contributed by atoms with van der Waals surface area (Å²) in [5.41, 5.74) is 0. The summed E-state index contributed by atoms with van der Waals surface area (Å²) in [4.78, 5) is 38.3. The van der Waals surface area contributed by atoms with E-state index in [1.807, 2.05) is 0 Å². The highest BCUT2D eigenvalue weighted by Crippen LogP contribution is 2.20. The molecule has 0 rings (SSSR count). The quantitative estimate of drug-likeness (QED) is 0.0343. The molecule has 0 N–H and O–H groups in total. The van der Waals surface area contributed by atoms with Gasteiger partial charge in [-0.05, 0) is 19.3 Å². The molecule has 0 bridgehead atoms. The van der Waals surface area contributed by atoms with Crippen LogP contribution in [-0.4, -0.2) is 37.2 Å². The Labute approximate surface area is 501 Å². The number of carbonyl (C=O) groups is 3. The molecular weight excluding hydrogens is 985 g/mol. The van der Waals surface area contributed by atoms with Gasteiger partial charge in [0.15, 0.2) is 6.10 Å². The van der Waals surface area contributed by atoms with Gasteiger partial charge in [-0.3, -0.25) is 14.4 Å². The third-order valence-corrected chi connectivity index (χ3v) is 17.4. The average molecular weight is 1130 g/mol. The largest absolute Gasteiger partial charge is 0.462 e. The lowest BCUT2D eigenvalue weighted by Crippen LogP contribution is -2.30. The van der Waals surface area contributed by atoms with Crippen LogP contribution in [0.4, 0.5) is 0 Å². The topological polar surface area (TPSA) is 78.9 Å². The Bertz CT molecular complexity index is 1200. The van der Waals surface area contributed by atoms with E-state index in [1.165, 1.54) is 340 Å². The van der Waals surface area contributed by atoms with Gasteiger partial charge in [0.2, 0.25) is 0 Å². The molecule has 80 heavy (non-hydrogen) atoms. The first-order valence-corrected chi connectivity index (χ1v) is 37.0. The lowest BCUT2D eigenvalue weighted by Gasteiger charge is -2.18. The molecule has 1 atom stereocenters. The van der Waals surface area contributed by atoms with Crippen molar-refractivity contribution in [1.29, 1.82) is 0 Å². The van der Waals surface area contributed by atoms with Gasteiger partial charge >= 0.3 is 17.9 Å². The molecule has 0 heterocycles. The molecule has 0 aliphatic carbocycles. The first-order valence-electron chi connectivity index (χ1n) is 37.0. The van der Waals surface area contributed by atoms with Crippen molar-refractivity contribution in [2.24, 2.45) is 0 Å². The van der Waals surface area contributed by atoms with Gasteiger partial charge in [0.25, 0.3) is 0 Å². The second-order valence-corrected chi connectivity index (χ2v) is 25.6. The molecule has 6 heteroatoms. The SMILES string of the molecule is CCCCCCCCCCCCCCCCCCCCCCCCCCCCCCCCCC(=O)OCC(COC(=O)CCCCCCCCCC)OC(=O)CCCCCCCCCCCCCCCCCCCCCCCCC. The van der Waals surface area contributed by atoms with E-state index in [0.29, 0.717) is 19.3 Å². The van der Waals surface area contributed by atoms with Gasteiger partial charge in [0.05, 0.1) is 0 Å². The van der Waals surface area contributed by atoms with Gasteiger partial charge in [-0.2, -0.15) is 0 Å². The normalized spacial score (nSPS) is 11.9. The van der Waals surface area contributed by atoms with E-state index in [2.05, 4.69) is 20.8 Å². The van der Waals surface area contributed by atoms with Gasteiger partial charge in [0.1, 0.15) is 13.2 Å². The fraction of sp³-hybridized carbons (Fsp3) is 0.959. The fourth-order valence-corrected chi connectivity index (χ4v) is 11.8. The average Bonchev–Trinajstić information content (AvgIpc) is 3.46. The summed E-state index contributed by atoms with van der Waals surface area (Å²) >= 11 is 0. The molecule has 0 aliphatic rings. The van der Waals surface area contributed by atoms with Gasteiger partial charge in [-0.25, -0.2) is 0 Å². The van der Waals surface area contributed by atoms with Gasteiger partial charge in [-0.15, -0.1) is 0 Å². The van der Waals surface area contributed by atoms with E-state index in [9.17, 15) is 14.4 Å². The number of ether oxygens (including phenoxy) is 3. The van der Waals surface area contributed by atoms with Crippen LogP contribution in [0.2, 0.25) is 0 Å². The van der Waals surface area contributed by atoms with Crippen molar-refractivity contribution in [2.45, 2.75) is 444 Å². The van der Waals surface area contributed by atoms with E-state index in [0.717, 1.165) is 57.8 Å². The predicted molar refractivity (Wildman–Crippen MR) is 349 cm³/mol. The Morgan fingerprint density at radius 3 is 0.500 bits per heavy atom. The van der Waals surface area contributed by atoms with Crippen molar-refractivity contribution >= 4 is 17.9 Å². The van der Waals surface area contributed by atoms with Crippen molar-refractivity contribution in [1.82, 2.24) is 0 Å². The van der Waals surface area contributed by atoms with Crippen LogP contribution in [0.1, 0.15) is 438 Å². The van der Waals surface area contributed by atoms with Crippen molar-refractivity contribution in [3.63, 3.8) is 0 Å². The minimum Gasteiger partial charge on any atom is -0.462 e. The van der Waals surface area contributed by atoms with Crippen LogP contribution in [-0.2, 0) is 28.6 Å². The third kappa shape index (κ3) is 67.2. The van der Waals surface area contributed by atoms with E-state index < -0.39 is 6.10 Å². The van der Waals surface area contributed by atoms with Crippen LogP contribution < -0.4 is 0 Å². The Morgan fingerprint density at radius 1 is 0.200 bits per heavy atom. The fourth-order valence-electron chi connectivity index (χ4n) is 11.8. The first-order chi connectivity index (χ1) is 39.5. The maximum absolute atomic E-state index is 12.9. The molecule has 476 valence electrons. The second-order valence-electron chi connectivity index (χ2n) is 25.6. The van der Waals surface area contributed by atoms with Crippen LogP contribution >= 0.6 is 0 Å². The summed E-state index contributed by atoms with van der Waals surface area (Å²) in [5, 5.41) is 0. The molecule has 0 aromatic carbocycles. The van der Waals surface area contributed by atoms with Gasteiger partial charge < -0.3 is 14.2 Å². The monoisotopic (exact) mass is 1130 g/mol. The molecule has 0 fully saturated rings. The molecule has 0 aliphatic heterocycles. The smallest absolute Gasteiger partial charge is 0.306 e. The predicted octanol–water partition coefficient (Wildman–Crippen LogP) is 25.4. The van der Waals surface area contributed by atoms with Crippen LogP contribution in [0.3, 0.4) is 0 Å². The van der Waals surface area contributed by atoms with Crippen LogP contribution in [0.25, 0.3) is 0 Å². The Balaban J connectivity index is 3.98. The molecule has 0 aromatic rings. The van der Waals surface area contributed by atoms with E-state index in [-0.39, 0.29) is 31.1 Å². The number of esters is 3. The summed E-state index contributed by atoms with van der Waals surface area (Å²) in [7, 11) is 0. The number of rotatable bonds is 70. The van der Waals surface area contributed by atoms with Crippen LogP contribution in [0, 0.1) is 0 Å². The zero-order valence-electron chi connectivity index (χ0n) is 54.9. The number of hydrogen-bond donors (Lipinski definition) is 0. The van der Waals surface area contributed by atoms with E-state index in [1.54, 1.807) is 0 Å². The minimum atomic E-state index is -0.762. The highest BCUT2D eigenvalue weighted by atomic mass is 16.6. The number of carbonyl (C=O) groups excluding carboxylic acids is 3. The van der Waals surface area contributed by atoms with E-state index >= 15 is 0 Å². The zero-order valence-corrected chi connectivity index (χ0v) is 54.9. The third-order valence-electron chi connectivity index (χ3n) is 17.4. The highest BCUT2D eigenvalue weighted by Gasteiger charge is 2.20. The summed E-state index contributed by atoms with van der Waals surface area (Å²) in [6, 6.07) is 0. The first kappa shape index (κ1) is 78.4. The van der Waals surface area contributed by atoms with Crippen molar-refractivity contribution in [3.05, 3.63) is 0 Å². The molecule has 0 saturated heterocycles. The van der Waals surface area contributed by atoms with Gasteiger partial charge in [0, 0.05) is 19.3 Å². The zero-order chi connectivity index (χ0) is 57.8. The second kappa shape index (κ2) is 69.9. The summed E-state index contributed by atoms with van der Waals surface area (Å²) in [5.74, 6) is -0.828. The molecule has 1 unspecified atom stereocenters. The molecule has 0 saturated carbocycles. The van der Waals surface area contributed by atoms with Crippen molar-refractivity contribution in [3.8, 4) is 0 Å². The van der Waals surface area contributed by atoms with E-state index in [4.69, 9.17) is 14.2 Å². The minimum absolute atomic E-state index is 0.0609. The Hall–Kier alpha value is -1.59. The maximum atomic E-state index is 12.9. The summed E-state index contributed by atoms with van der Waals surface area (Å²) < 4.78 is 16.9. The molecular formula is C74H144O6. The standard InChI is InChI=1S/C74H144O6/c1-4-7-10-13-16-19-21-23-25-27-29-31-33-34-35-36-37-38-39-40-42-43-45-47-49-51-53-55-58-61-64-67-73(76)79-70-71(69-78-72(75)66-63-60-57-18-15-12-9-6-3)80-74(77)68-65-62-59-56-54-52-50-48-46-44-41-32-30-28-26-24-22-20-17-14-11-8-5-2/h71H,4-70H2,1-3H3. The van der Waals surface area contributed by atoms with Crippen molar-refractivity contribution in [2.75, 3.05) is 13.2 Å².